The predicted octanol–water partition coefficient (Wildman–Crippen LogP) is 4.38. The summed E-state index contributed by atoms with van der Waals surface area (Å²) in [6.45, 7) is 3.39. The molecule has 1 unspecified atom stereocenters. The first-order chi connectivity index (χ1) is 14.2. The zero-order chi connectivity index (χ0) is 22.0. The van der Waals surface area contributed by atoms with Gasteiger partial charge in [0.05, 0.1) is 23.4 Å². The highest BCUT2D eigenvalue weighted by atomic mass is 35.5. The first kappa shape index (κ1) is 21.7. The number of hydrogen-bond acceptors (Lipinski definition) is 5. The minimum Gasteiger partial charge on any atom is -0.358 e. The van der Waals surface area contributed by atoms with Gasteiger partial charge in [-0.25, -0.2) is 4.39 Å². The minimum absolute atomic E-state index is 0.0166. The molecular formula is C18H17Cl2FN6O3. The van der Waals surface area contributed by atoms with E-state index in [4.69, 9.17) is 23.2 Å². The first-order valence-corrected chi connectivity index (χ1v) is 9.64. The Kier molecular flexibility index (Phi) is 6.37. The van der Waals surface area contributed by atoms with Crippen LogP contribution in [0.5, 0.6) is 0 Å². The Bertz CT molecular complexity index is 1090. The van der Waals surface area contributed by atoms with Crippen molar-refractivity contribution < 1.29 is 14.1 Å². The predicted molar refractivity (Wildman–Crippen MR) is 109 cm³/mol. The van der Waals surface area contributed by atoms with Gasteiger partial charge in [0.2, 0.25) is 0 Å². The summed E-state index contributed by atoms with van der Waals surface area (Å²) < 4.78 is 16.6. The summed E-state index contributed by atoms with van der Waals surface area (Å²) in [7, 11) is 0. The van der Waals surface area contributed by atoms with Crippen LogP contribution in [0.3, 0.4) is 0 Å². The summed E-state index contributed by atoms with van der Waals surface area (Å²) in [6.07, 6.45) is 1.76. The van der Waals surface area contributed by atoms with E-state index >= 15 is 0 Å². The molecule has 12 heteroatoms. The first-order valence-electron chi connectivity index (χ1n) is 8.88. The van der Waals surface area contributed by atoms with Crippen molar-refractivity contribution >= 4 is 40.7 Å². The van der Waals surface area contributed by atoms with Crippen LogP contribution in [0.15, 0.2) is 30.5 Å². The Labute approximate surface area is 180 Å². The zero-order valence-corrected chi connectivity index (χ0v) is 17.5. The number of aromatic nitrogens is 4. The highest BCUT2D eigenvalue weighted by Crippen LogP contribution is 2.25. The molecule has 0 bridgehead atoms. The van der Waals surface area contributed by atoms with Gasteiger partial charge in [0.15, 0.2) is 11.9 Å². The van der Waals surface area contributed by atoms with Gasteiger partial charge in [-0.15, -0.1) is 0 Å². The Morgan fingerprint density at radius 2 is 2.07 bits per heavy atom. The van der Waals surface area contributed by atoms with Gasteiger partial charge >= 0.3 is 5.82 Å². The van der Waals surface area contributed by atoms with Crippen LogP contribution in [-0.2, 0) is 11.3 Å². The monoisotopic (exact) mass is 454 g/mol. The van der Waals surface area contributed by atoms with E-state index in [1.54, 1.807) is 19.9 Å². The molecule has 1 N–H and O–H groups in total. The van der Waals surface area contributed by atoms with Crippen molar-refractivity contribution in [1.29, 1.82) is 0 Å². The van der Waals surface area contributed by atoms with Crippen LogP contribution in [0.1, 0.15) is 30.6 Å². The van der Waals surface area contributed by atoms with Gasteiger partial charge in [0.25, 0.3) is 5.91 Å². The molecule has 0 aliphatic rings. The van der Waals surface area contributed by atoms with Crippen molar-refractivity contribution in [3.8, 4) is 0 Å². The summed E-state index contributed by atoms with van der Waals surface area (Å²) in [6, 6.07) is 4.82. The number of aryl methyl sites for hydroxylation is 1. The van der Waals surface area contributed by atoms with E-state index in [2.05, 4.69) is 15.5 Å². The molecule has 0 radical (unpaired) electrons. The second kappa shape index (κ2) is 8.80. The van der Waals surface area contributed by atoms with E-state index in [1.807, 2.05) is 0 Å². The summed E-state index contributed by atoms with van der Waals surface area (Å²) >= 11 is 12.2. The van der Waals surface area contributed by atoms with E-state index in [1.165, 1.54) is 33.8 Å². The zero-order valence-electron chi connectivity index (χ0n) is 16.0. The molecule has 0 fully saturated rings. The second-order valence-electron chi connectivity index (χ2n) is 6.48. The van der Waals surface area contributed by atoms with Gasteiger partial charge in [-0.05, 0) is 30.4 Å². The highest BCUT2D eigenvalue weighted by Gasteiger charge is 2.28. The van der Waals surface area contributed by atoms with Gasteiger partial charge < -0.3 is 15.4 Å². The molecule has 0 spiro atoms. The fourth-order valence-corrected chi connectivity index (χ4v) is 3.37. The normalized spacial score (nSPS) is 12.0. The lowest BCUT2D eigenvalue weighted by Crippen LogP contribution is -2.27. The molecule has 1 aromatic carbocycles. The number of rotatable bonds is 7. The third-order valence-corrected chi connectivity index (χ3v) is 5.05. The second-order valence-corrected chi connectivity index (χ2v) is 7.30. The van der Waals surface area contributed by atoms with Crippen LogP contribution in [0.2, 0.25) is 10.0 Å². The topological polar surface area (TPSA) is 108 Å². The summed E-state index contributed by atoms with van der Waals surface area (Å²) in [5.41, 5.74) is 0.705. The number of anilines is 1. The number of amides is 1. The SMILES string of the molecule is CCC(C(=O)Nc1nn(Cc2c(F)cccc2Cl)cc1Cl)n1nc([N+](=O)[O-])cc1C. The quantitative estimate of drug-likeness (QED) is 0.420. The molecule has 0 saturated carbocycles. The number of benzene rings is 1. The molecule has 9 nitrogen and oxygen atoms in total. The molecule has 3 rings (SSSR count). The van der Waals surface area contributed by atoms with Gasteiger partial charge in [-0.3, -0.25) is 9.48 Å². The third-order valence-electron chi connectivity index (χ3n) is 4.42. The number of nitrogens with zero attached hydrogens (tertiary/aromatic N) is 5. The molecule has 0 saturated heterocycles. The van der Waals surface area contributed by atoms with Gasteiger partial charge in [-0.2, -0.15) is 9.78 Å². The van der Waals surface area contributed by atoms with Crippen LogP contribution in [-0.4, -0.2) is 30.4 Å². The van der Waals surface area contributed by atoms with E-state index < -0.39 is 22.7 Å². The number of nitrogens with one attached hydrogen (secondary N) is 1. The number of nitro groups is 1. The summed E-state index contributed by atoms with van der Waals surface area (Å²) in [4.78, 5) is 23.1. The van der Waals surface area contributed by atoms with Crippen LogP contribution in [0, 0.1) is 22.9 Å². The van der Waals surface area contributed by atoms with E-state index in [0.29, 0.717) is 12.1 Å². The molecule has 158 valence electrons. The maximum atomic E-state index is 14.0. The molecular weight excluding hydrogens is 438 g/mol. The number of halogens is 3. The molecule has 30 heavy (non-hydrogen) atoms. The van der Waals surface area contributed by atoms with Gasteiger partial charge in [0.1, 0.15) is 10.8 Å². The Morgan fingerprint density at radius 3 is 2.67 bits per heavy atom. The fraction of sp³-hybridized carbons (Fsp3) is 0.278. The maximum absolute atomic E-state index is 14.0. The van der Waals surface area contributed by atoms with Crippen LogP contribution < -0.4 is 5.32 Å². The molecule has 1 atom stereocenters. The standard InChI is InChI=1S/C18H17Cl2FN6O3/c1-3-15(26-10(2)7-16(23-26)27(29)30)18(28)22-17-13(20)9-25(24-17)8-11-12(19)5-4-6-14(11)21/h4-7,9,15H,3,8H2,1-2H3,(H,22,24,28). The van der Waals surface area contributed by atoms with Gasteiger partial charge in [-0.1, -0.05) is 36.2 Å². The fourth-order valence-electron chi connectivity index (χ4n) is 2.95. The maximum Gasteiger partial charge on any atom is 0.390 e. The minimum atomic E-state index is -0.805. The lowest BCUT2D eigenvalue weighted by molar-refractivity contribution is -0.389. The lowest BCUT2D eigenvalue weighted by atomic mass is 10.2. The van der Waals surface area contributed by atoms with Crippen LogP contribution >= 0.6 is 23.2 Å². The average molecular weight is 455 g/mol. The highest BCUT2D eigenvalue weighted by molar-refractivity contribution is 6.33. The van der Waals surface area contributed by atoms with Crippen molar-refractivity contribution in [3.63, 3.8) is 0 Å². The molecule has 3 aromatic rings. The van der Waals surface area contributed by atoms with Crippen molar-refractivity contribution in [1.82, 2.24) is 19.6 Å². The summed E-state index contributed by atoms with van der Waals surface area (Å²) in [5, 5.41) is 22.0. The van der Waals surface area contributed by atoms with Crippen LogP contribution in [0.4, 0.5) is 16.0 Å². The Balaban J connectivity index is 1.80. The average Bonchev–Trinajstić information content (AvgIpc) is 3.22. The van der Waals surface area contributed by atoms with Crippen molar-refractivity contribution in [3.05, 3.63) is 67.7 Å². The molecule has 1 amide bonds. The van der Waals surface area contributed by atoms with Gasteiger partial charge in [0, 0.05) is 16.8 Å². The molecule has 0 aliphatic heterocycles. The van der Waals surface area contributed by atoms with Crippen molar-refractivity contribution in [2.45, 2.75) is 32.9 Å². The third kappa shape index (κ3) is 4.44. The number of carbonyl (C=O) groups excluding carboxylic acids is 1. The van der Waals surface area contributed by atoms with E-state index in [0.717, 1.165) is 0 Å². The Hall–Kier alpha value is -2.98. The molecule has 0 aliphatic carbocycles. The van der Waals surface area contributed by atoms with Crippen molar-refractivity contribution in [2.24, 2.45) is 0 Å². The molecule has 2 aromatic heterocycles. The lowest BCUT2D eigenvalue weighted by Gasteiger charge is -2.13. The smallest absolute Gasteiger partial charge is 0.358 e. The summed E-state index contributed by atoms with van der Waals surface area (Å²) in [5.74, 6) is -1.24. The molecule has 2 heterocycles. The number of carbonyl (C=O) groups is 1. The van der Waals surface area contributed by atoms with E-state index in [-0.39, 0.29) is 33.8 Å². The van der Waals surface area contributed by atoms with Crippen molar-refractivity contribution in [2.75, 3.05) is 5.32 Å². The Morgan fingerprint density at radius 1 is 1.33 bits per heavy atom. The van der Waals surface area contributed by atoms with E-state index in [9.17, 15) is 19.3 Å². The van der Waals surface area contributed by atoms with Crippen LogP contribution in [0.25, 0.3) is 0 Å². The number of hydrogen-bond donors (Lipinski definition) is 1. The largest absolute Gasteiger partial charge is 0.390 e.